The first-order valence-electron chi connectivity index (χ1n) is 5.08. The lowest BCUT2D eigenvalue weighted by Crippen LogP contribution is -2.27. The summed E-state index contributed by atoms with van der Waals surface area (Å²) in [7, 11) is 2.50. The van der Waals surface area contributed by atoms with E-state index in [2.05, 4.69) is 55.7 Å². The fraction of sp³-hybridized carbons (Fsp3) is 1.00. The predicted octanol–water partition coefficient (Wildman–Crippen LogP) is 4.15. The largest absolute Gasteiger partial charge is 0.125 e. The van der Waals surface area contributed by atoms with Gasteiger partial charge in [0, 0.05) is 0 Å². The molecule has 0 aromatic carbocycles. The Bertz CT molecular complexity index is 134. The standard InChI is InChI=1S/C11H24B/c1-8-10(4,5)12-11(6,7)9(2)3/h9H,8H2,1-7H3. The van der Waals surface area contributed by atoms with Crippen molar-refractivity contribution in [1.29, 1.82) is 0 Å². The molecular formula is C11H24B. The van der Waals surface area contributed by atoms with E-state index in [-0.39, 0.29) is 0 Å². The van der Waals surface area contributed by atoms with Crippen molar-refractivity contribution in [2.45, 2.75) is 65.5 Å². The zero-order valence-corrected chi connectivity index (χ0v) is 9.86. The Balaban J connectivity index is 4.23. The molecule has 0 N–H and O–H groups in total. The van der Waals surface area contributed by atoms with Gasteiger partial charge in [0.2, 0.25) is 0 Å². The minimum Gasteiger partial charge on any atom is -0.0671 e. The molecule has 0 unspecified atom stereocenters. The number of hydrogen-bond acceptors (Lipinski definition) is 0. The van der Waals surface area contributed by atoms with Crippen molar-refractivity contribution in [3.63, 3.8) is 0 Å². The van der Waals surface area contributed by atoms with Crippen LogP contribution >= 0.6 is 0 Å². The lowest BCUT2D eigenvalue weighted by atomic mass is 9.38. The minimum atomic E-state index is 0.361. The summed E-state index contributed by atoms with van der Waals surface area (Å²) in [5.41, 5.74) is 0. The van der Waals surface area contributed by atoms with E-state index < -0.39 is 0 Å². The van der Waals surface area contributed by atoms with E-state index in [9.17, 15) is 0 Å². The molecule has 1 radical (unpaired) electrons. The molecule has 0 saturated carbocycles. The van der Waals surface area contributed by atoms with E-state index >= 15 is 0 Å². The Hall–Kier alpha value is 0.0649. The molecule has 0 rings (SSSR count). The second-order valence-electron chi connectivity index (χ2n) is 5.46. The van der Waals surface area contributed by atoms with E-state index in [4.69, 9.17) is 0 Å². The molecule has 0 nitrogen and oxygen atoms in total. The van der Waals surface area contributed by atoms with Crippen LogP contribution in [0, 0.1) is 5.92 Å². The molecular weight excluding hydrogens is 143 g/mol. The lowest BCUT2D eigenvalue weighted by molar-refractivity contribution is 0.454. The highest BCUT2D eigenvalue weighted by Crippen LogP contribution is 2.42. The number of rotatable bonds is 4. The molecule has 12 heavy (non-hydrogen) atoms. The van der Waals surface area contributed by atoms with Crippen molar-refractivity contribution < 1.29 is 0 Å². The molecule has 0 aliphatic heterocycles. The van der Waals surface area contributed by atoms with Gasteiger partial charge in [-0.3, -0.25) is 0 Å². The van der Waals surface area contributed by atoms with Crippen molar-refractivity contribution in [2.24, 2.45) is 5.92 Å². The maximum Gasteiger partial charge on any atom is 0.125 e. The molecule has 71 valence electrons. The SMILES string of the molecule is CCC(C)(C)[B]C(C)(C)C(C)C. The first kappa shape index (κ1) is 12.1. The van der Waals surface area contributed by atoms with Crippen molar-refractivity contribution in [2.75, 3.05) is 0 Å². The topological polar surface area (TPSA) is 0 Å². The Labute approximate surface area is 79.4 Å². The molecule has 0 aromatic heterocycles. The van der Waals surface area contributed by atoms with Gasteiger partial charge in [0.25, 0.3) is 0 Å². The fourth-order valence-corrected chi connectivity index (χ4v) is 1.28. The number of hydrogen-bond donors (Lipinski definition) is 0. The van der Waals surface area contributed by atoms with Crippen LogP contribution in [0.2, 0.25) is 10.6 Å². The van der Waals surface area contributed by atoms with E-state index in [1.807, 2.05) is 0 Å². The highest BCUT2D eigenvalue weighted by Gasteiger charge is 2.31. The highest BCUT2D eigenvalue weighted by molar-refractivity contribution is 6.43. The van der Waals surface area contributed by atoms with Gasteiger partial charge >= 0.3 is 0 Å². The van der Waals surface area contributed by atoms with Crippen LogP contribution in [0.15, 0.2) is 0 Å². The van der Waals surface area contributed by atoms with Crippen molar-refractivity contribution in [1.82, 2.24) is 0 Å². The third-order valence-electron chi connectivity index (χ3n) is 3.16. The smallest absolute Gasteiger partial charge is 0.0671 e. The van der Waals surface area contributed by atoms with Crippen LogP contribution in [0.1, 0.15) is 54.9 Å². The Morgan fingerprint density at radius 1 is 1.08 bits per heavy atom. The van der Waals surface area contributed by atoms with E-state index in [0.717, 1.165) is 5.92 Å². The summed E-state index contributed by atoms with van der Waals surface area (Å²) >= 11 is 0. The summed E-state index contributed by atoms with van der Waals surface area (Å²) in [6.07, 6.45) is 1.23. The van der Waals surface area contributed by atoms with Gasteiger partial charge < -0.3 is 0 Å². The normalized spacial score (nSPS) is 13.7. The van der Waals surface area contributed by atoms with Crippen LogP contribution in [0.4, 0.5) is 0 Å². The third-order valence-corrected chi connectivity index (χ3v) is 3.16. The van der Waals surface area contributed by atoms with Crippen molar-refractivity contribution in [3.8, 4) is 0 Å². The monoisotopic (exact) mass is 167 g/mol. The van der Waals surface area contributed by atoms with Gasteiger partial charge in [0.05, 0.1) is 0 Å². The van der Waals surface area contributed by atoms with Crippen LogP contribution in [0.25, 0.3) is 0 Å². The van der Waals surface area contributed by atoms with Crippen molar-refractivity contribution in [3.05, 3.63) is 0 Å². The molecule has 0 fully saturated rings. The third kappa shape index (κ3) is 3.64. The maximum absolute atomic E-state index is 2.50. The summed E-state index contributed by atoms with van der Waals surface area (Å²) in [5.74, 6) is 0.725. The summed E-state index contributed by atoms with van der Waals surface area (Å²) in [4.78, 5) is 0. The zero-order valence-electron chi connectivity index (χ0n) is 9.86. The molecule has 0 bridgehead atoms. The lowest BCUT2D eigenvalue weighted by Gasteiger charge is -2.36. The molecule has 0 aliphatic carbocycles. The first-order chi connectivity index (χ1) is 5.21. The summed E-state index contributed by atoms with van der Waals surface area (Å²) in [6, 6.07) is 0. The highest BCUT2D eigenvalue weighted by atomic mass is 14.2. The Kier molecular flexibility index (Phi) is 3.87. The van der Waals surface area contributed by atoms with E-state index in [0.29, 0.717) is 10.6 Å². The molecule has 0 heterocycles. The maximum atomic E-state index is 2.50. The Morgan fingerprint density at radius 2 is 1.50 bits per heavy atom. The van der Waals surface area contributed by atoms with Crippen LogP contribution in [-0.4, -0.2) is 7.28 Å². The van der Waals surface area contributed by atoms with E-state index in [1.54, 1.807) is 0 Å². The quantitative estimate of drug-likeness (QED) is 0.551. The van der Waals surface area contributed by atoms with Gasteiger partial charge in [-0.1, -0.05) is 65.5 Å². The molecule has 0 amide bonds. The average molecular weight is 167 g/mol. The van der Waals surface area contributed by atoms with E-state index in [1.165, 1.54) is 6.42 Å². The van der Waals surface area contributed by atoms with Gasteiger partial charge in [-0.15, -0.1) is 0 Å². The second-order valence-corrected chi connectivity index (χ2v) is 5.46. The zero-order chi connectivity index (χ0) is 9.99. The van der Waals surface area contributed by atoms with Gasteiger partial charge in [-0.05, 0) is 5.92 Å². The molecule has 1 heteroatoms. The fourth-order valence-electron chi connectivity index (χ4n) is 1.28. The van der Waals surface area contributed by atoms with Crippen molar-refractivity contribution >= 4 is 7.28 Å². The molecule has 0 saturated heterocycles. The van der Waals surface area contributed by atoms with Crippen LogP contribution in [0.3, 0.4) is 0 Å². The van der Waals surface area contributed by atoms with Gasteiger partial charge in [-0.2, -0.15) is 0 Å². The molecule has 0 aromatic rings. The second kappa shape index (κ2) is 3.85. The first-order valence-corrected chi connectivity index (χ1v) is 5.08. The molecule has 0 aliphatic rings. The average Bonchev–Trinajstić information content (AvgIpc) is 1.85. The summed E-state index contributed by atoms with van der Waals surface area (Å²) < 4.78 is 0. The van der Waals surface area contributed by atoms with Gasteiger partial charge in [-0.25, -0.2) is 0 Å². The van der Waals surface area contributed by atoms with Gasteiger partial charge in [0.15, 0.2) is 0 Å². The molecule has 0 atom stereocenters. The molecule has 0 spiro atoms. The Morgan fingerprint density at radius 3 is 1.75 bits per heavy atom. The summed E-state index contributed by atoms with van der Waals surface area (Å²) in [6.45, 7) is 16.1. The predicted molar refractivity (Wildman–Crippen MR) is 59.0 cm³/mol. The minimum absolute atomic E-state index is 0.361. The van der Waals surface area contributed by atoms with Crippen LogP contribution in [-0.2, 0) is 0 Å². The van der Waals surface area contributed by atoms with Crippen LogP contribution < -0.4 is 0 Å². The summed E-state index contributed by atoms with van der Waals surface area (Å²) in [5, 5.41) is 0.743. The van der Waals surface area contributed by atoms with Gasteiger partial charge in [0.1, 0.15) is 7.28 Å². The van der Waals surface area contributed by atoms with Crippen LogP contribution in [0.5, 0.6) is 0 Å².